The number of hydrogen-bond donors (Lipinski definition) is 2. The van der Waals surface area contributed by atoms with Crippen molar-refractivity contribution in [1.82, 2.24) is 0 Å². The van der Waals surface area contributed by atoms with E-state index in [1.165, 1.54) is 31.4 Å². The number of ether oxygens (including phenoxy) is 2. The van der Waals surface area contributed by atoms with E-state index in [9.17, 15) is 13.2 Å². The number of rotatable bonds is 8. The molecule has 3 aromatic carbocycles. The lowest BCUT2D eigenvalue weighted by Gasteiger charge is -2.17. The van der Waals surface area contributed by atoms with Gasteiger partial charge in [0.2, 0.25) is 0 Å². The van der Waals surface area contributed by atoms with E-state index in [0.29, 0.717) is 27.9 Å². The summed E-state index contributed by atoms with van der Waals surface area (Å²) in [6.45, 7) is 3.39. The number of anilines is 2. The zero-order valence-corrected chi connectivity index (χ0v) is 19.3. The first kappa shape index (κ1) is 23.4. The predicted molar refractivity (Wildman–Crippen MR) is 125 cm³/mol. The number of sulfonamides is 1. The minimum atomic E-state index is -3.82. The summed E-state index contributed by atoms with van der Waals surface area (Å²) in [5, 5.41) is 3.13. The van der Waals surface area contributed by atoms with Crippen molar-refractivity contribution in [3.8, 4) is 11.5 Å². The average Bonchev–Trinajstić information content (AvgIpc) is 2.76. The van der Waals surface area contributed by atoms with Crippen LogP contribution in [0.4, 0.5) is 11.4 Å². The molecule has 1 amide bonds. The molecule has 0 heterocycles. The molecule has 7 nitrogen and oxygen atoms in total. The highest BCUT2D eigenvalue weighted by Crippen LogP contribution is 2.27. The van der Waals surface area contributed by atoms with Crippen LogP contribution in [0.15, 0.2) is 71.6 Å². The lowest BCUT2D eigenvalue weighted by atomic mass is 10.2. The van der Waals surface area contributed by atoms with Crippen molar-refractivity contribution >= 4 is 38.9 Å². The van der Waals surface area contributed by atoms with Gasteiger partial charge in [-0.3, -0.25) is 9.52 Å². The van der Waals surface area contributed by atoms with Gasteiger partial charge in [-0.15, -0.1) is 0 Å². The molecule has 2 N–H and O–H groups in total. The normalized spacial score (nSPS) is 12.0. The summed E-state index contributed by atoms with van der Waals surface area (Å²) in [6, 6.07) is 17.8. The zero-order chi connectivity index (χ0) is 23.3. The van der Waals surface area contributed by atoms with Crippen molar-refractivity contribution in [2.45, 2.75) is 24.8 Å². The van der Waals surface area contributed by atoms with Crippen LogP contribution < -0.4 is 19.5 Å². The fourth-order valence-electron chi connectivity index (χ4n) is 2.83. The number of carbonyl (C=O) groups excluding carboxylic acids is 1. The summed E-state index contributed by atoms with van der Waals surface area (Å²) in [4.78, 5) is 12.5. The molecule has 0 aromatic heterocycles. The number of aryl methyl sites for hydroxylation is 1. The van der Waals surface area contributed by atoms with E-state index in [4.69, 9.17) is 21.1 Å². The van der Waals surface area contributed by atoms with E-state index in [1.807, 2.05) is 0 Å². The van der Waals surface area contributed by atoms with Gasteiger partial charge >= 0.3 is 0 Å². The third-order valence-corrected chi connectivity index (χ3v) is 6.23. The van der Waals surface area contributed by atoms with E-state index < -0.39 is 16.1 Å². The molecule has 0 saturated heterocycles. The number of carbonyl (C=O) groups is 1. The van der Waals surface area contributed by atoms with Crippen LogP contribution in [-0.2, 0) is 14.8 Å². The number of benzene rings is 3. The number of amides is 1. The first-order valence-electron chi connectivity index (χ1n) is 9.69. The standard InChI is InChI=1S/C23H23ClN2O5S/c1-15-8-9-17(24)14-20(15)26-32(28,29)19-12-10-18(11-13-19)25-23(27)16(2)31-22-7-5-4-6-21(22)30-3/h4-14,16,26H,1-3H3,(H,25,27)/t16-/m0/s1. The topological polar surface area (TPSA) is 93.7 Å². The van der Waals surface area contributed by atoms with Gasteiger partial charge in [0.05, 0.1) is 17.7 Å². The first-order valence-corrected chi connectivity index (χ1v) is 11.6. The number of methoxy groups -OCH3 is 1. The van der Waals surface area contributed by atoms with Crippen molar-refractivity contribution in [3.05, 3.63) is 77.3 Å². The molecule has 0 radical (unpaired) electrons. The van der Waals surface area contributed by atoms with Crippen molar-refractivity contribution in [2.24, 2.45) is 0 Å². The first-order chi connectivity index (χ1) is 15.2. The maximum Gasteiger partial charge on any atom is 0.265 e. The quantitative estimate of drug-likeness (QED) is 0.486. The Labute approximate surface area is 192 Å². The Balaban J connectivity index is 1.67. The Morgan fingerprint density at radius 3 is 2.31 bits per heavy atom. The van der Waals surface area contributed by atoms with Gasteiger partial charge < -0.3 is 14.8 Å². The third-order valence-electron chi connectivity index (χ3n) is 4.62. The molecule has 32 heavy (non-hydrogen) atoms. The molecule has 0 unspecified atom stereocenters. The van der Waals surface area contributed by atoms with Crippen LogP contribution in [0, 0.1) is 6.92 Å². The Morgan fingerprint density at radius 2 is 1.66 bits per heavy atom. The zero-order valence-electron chi connectivity index (χ0n) is 17.8. The summed E-state index contributed by atoms with van der Waals surface area (Å²) < 4.78 is 38.8. The highest BCUT2D eigenvalue weighted by Gasteiger charge is 2.19. The van der Waals surface area contributed by atoms with E-state index in [1.54, 1.807) is 56.3 Å². The number of halogens is 1. The van der Waals surface area contributed by atoms with Gasteiger partial charge in [0.15, 0.2) is 17.6 Å². The maximum atomic E-state index is 12.7. The molecule has 168 valence electrons. The van der Waals surface area contributed by atoms with Gasteiger partial charge in [0, 0.05) is 10.7 Å². The van der Waals surface area contributed by atoms with Gasteiger partial charge in [-0.25, -0.2) is 8.42 Å². The van der Waals surface area contributed by atoms with E-state index in [-0.39, 0.29) is 10.8 Å². The lowest BCUT2D eigenvalue weighted by Crippen LogP contribution is -2.30. The van der Waals surface area contributed by atoms with E-state index in [0.717, 1.165) is 5.56 Å². The Kier molecular flexibility index (Phi) is 7.27. The van der Waals surface area contributed by atoms with Gasteiger partial charge in [0.25, 0.3) is 15.9 Å². The minimum Gasteiger partial charge on any atom is -0.493 e. The van der Waals surface area contributed by atoms with Crippen molar-refractivity contribution < 1.29 is 22.7 Å². The molecular formula is C23H23ClN2O5S. The maximum absolute atomic E-state index is 12.7. The molecule has 3 rings (SSSR count). The van der Waals surface area contributed by atoms with Crippen LogP contribution >= 0.6 is 11.6 Å². The van der Waals surface area contributed by atoms with E-state index in [2.05, 4.69) is 10.0 Å². The number of hydrogen-bond acceptors (Lipinski definition) is 5. The summed E-state index contributed by atoms with van der Waals surface area (Å²) in [5.74, 6) is 0.574. The van der Waals surface area contributed by atoms with Gasteiger partial charge in [-0.1, -0.05) is 29.8 Å². The average molecular weight is 475 g/mol. The van der Waals surface area contributed by atoms with Gasteiger partial charge in [-0.05, 0) is 67.9 Å². The Bertz CT molecular complexity index is 1210. The molecule has 0 aliphatic heterocycles. The van der Waals surface area contributed by atoms with Crippen molar-refractivity contribution in [2.75, 3.05) is 17.1 Å². The van der Waals surface area contributed by atoms with Crippen LogP contribution in [0.3, 0.4) is 0 Å². The van der Waals surface area contributed by atoms with Crippen LogP contribution in [-0.4, -0.2) is 27.5 Å². The smallest absolute Gasteiger partial charge is 0.265 e. The molecule has 9 heteroatoms. The number of nitrogens with one attached hydrogen (secondary N) is 2. The molecule has 0 aliphatic rings. The minimum absolute atomic E-state index is 0.0493. The molecule has 3 aromatic rings. The second-order valence-corrected chi connectivity index (χ2v) is 9.11. The highest BCUT2D eigenvalue weighted by atomic mass is 35.5. The summed E-state index contributed by atoms with van der Waals surface area (Å²) in [5.41, 5.74) is 1.58. The molecule has 0 saturated carbocycles. The highest BCUT2D eigenvalue weighted by molar-refractivity contribution is 7.92. The van der Waals surface area contributed by atoms with Crippen LogP contribution in [0.5, 0.6) is 11.5 Å². The molecular weight excluding hydrogens is 452 g/mol. The Hall–Kier alpha value is -3.23. The molecule has 0 fully saturated rings. The van der Waals surface area contributed by atoms with Gasteiger partial charge in [-0.2, -0.15) is 0 Å². The fraction of sp³-hybridized carbons (Fsp3) is 0.174. The van der Waals surface area contributed by atoms with Crippen LogP contribution in [0.2, 0.25) is 5.02 Å². The molecule has 1 atom stereocenters. The lowest BCUT2D eigenvalue weighted by molar-refractivity contribution is -0.122. The monoisotopic (exact) mass is 474 g/mol. The summed E-state index contributed by atoms with van der Waals surface area (Å²) in [7, 11) is -2.30. The van der Waals surface area contributed by atoms with Crippen LogP contribution in [0.1, 0.15) is 12.5 Å². The second-order valence-electron chi connectivity index (χ2n) is 6.99. The Morgan fingerprint density at radius 1 is 1.00 bits per heavy atom. The van der Waals surface area contributed by atoms with Crippen molar-refractivity contribution in [3.63, 3.8) is 0 Å². The van der Waals surface area contributed by atoms with Crippen LogP contribution in [0.25, 0.3) is 0 Å². The molecule has 0 aliphatic carbocycles. The molecule has 0 bridgehead atoms. The largest absolute Gasteiger partial charge is 0.493 e. The van der Waals surface area contributed by atoms with Crippen molar-refractivity contribution in [1.29, 1.82) is 0 Å². The second kappa shape index (κ2) is 9.93. The fourth-order valence-corrected chi connectivity index (χ4v) is 4.12. The van der Waals surface area contributed by atoms with E-state index >= 15 is 0 Å². The predicted octanol–water partition coefficient (Wildman–Crippen LogP) is 4.86. The SMILES string of the molecule is COc1ccccc1O[C@@H](C)C(=O)Nc1ccc(S(=O)(=O)Nc2cc(Cl)ccc2C)cc1. The third kappa shape index (κ3) is 5.72. The number of para-hydroxylation sites is 2. The summed E-state index contributed by atoms with van der Waals surface area (Å²) >= 11 is 5.96. The summed E-state index contributed by atoms with van der Waals surface area (Å²) in [6.07, 6.45) is -0.804. The van der Waals surface area contributed by atoms with Gasteiger partial charge in [0.1, 0.15) is 0 Å². The molecule has 0 spiro atoms.